The van der Waals surface area contributed by atoms with Gasteiger partial charge < -0.3 is 11.1 Å². The predicted octanol–water partition coefficient (Wildman–Crippen LogP) is 2.47. The van der Waals surface area contributed by atoms with E-state index in [2.05, 4.69) is 10.4 Å². The molecule has 0 saturated heterocycles. The van der Waals surface area contributed by atoms with Crippen molar-refractivity contribution >= 4 is 28.9 Å². The number of benzene rings is 1. The number of nitrogens with two attached hydrogens (primary N) is 1. The molecule has 0 fully saturated rings. The van der Waals surface area contributed by atoms with Crippen LogP contribution in [0.4, 0.5) is 11.4 Å². The van der Waals surface area contributed by atoms with Gasteiger partial charge in [-0.2, -0.15) is 5.10 Å². The first-order chi connectivity index (χ1) is 9.02. The molecule has 5 nitrogen and oxygen atoms in total. The van der Waals surface area contributed by atoms with Crippen molar-refractivity contribution in [3.63, 3.8) is 0 Å². The number of anilines is 2. The number of amides is 1. The van der Waals surface area contributed by atoms with Crippen LogP contribution >= 0.6 is 11.6 Å². The zero-order chi connectivity index (χ0) is 14.0. The summed E-state index contributed by atoms with van der Waals surface area (Å²) >= 11 is 6.02. The van der Waals surface area contributed by atoms with Crippen LogP contribution in [0.1, 0.15) is 23.0 Å². The van der Waals surface area contributed by atoms with E-state index in [1.807, 2.05) is 6.92 Å². The smallest absolute Gasteiger partial charge is 0.259 e. The van der Waals surface area contributed by atoms with Gasteiger partial charge in [-0.25, -0.2) is 0 Å². The van der Waals surface area contributed by atoms with Gasteiger partial charge >= 0.3 is 0 Å². The van der Waals surface area contributed by atoms with Crippen LogP contribution in [0.2, 0.25) is 5.02 Å². The van der Waals surface area contributed by atoms with E-state index in [0.717, 1.165) is 5.69 Å². The molecule has 19 heavy (non-hydrogen) atoms. The minimum absolute atomic E-state index is 0.259. The van der Waals surface area contributed by atoms with Gasteiger partial charge in [0.1, 0.15) is 0 Å². The Kier molecular flexibility index (Phi) is 3.76. The molecule has 0 saturated carbocycles. The van der Waals surface area contributed by atoms with Crippen LogP contribution in [0.3, 0.4) is 0 Å². The monoisotopic (exact) mass is 278 g/mol. The van der Waals surface area contributed by atoms with Crippen LogP contribution in [-0.4, -0.2) is 15.7 Å². The zero-order valence-electron chi connectivity index (χ0n) is 10.8. The third-order valence-corrected chi connectivity index (χ3v) is 3.08. The van der Waals surface area contributed by atoms with E-state index in [1.54, 1.807) is 36.1 Å². The molecule has 1 aromatic heterocycles. The van der Waals surface area contributed by atoms with Gasteiger partial charge in [0, 0.05) is 13.2 Å². The number of nitrogens with zero attached hydrogens (tertiary/aromatic N) is 2. The highest BCUT2D eigenvalue weighted by Gasteiger charge is 2.16. The van der Waals surface area contributed by atoms with Gasteiger partial charge in [-0.3, -0.25) is 9.48 Å². The van der Waals surface area contributed by atoms with Gasteiger partial charge in [0.05, 0.1) is 27.7 Å². The summed E-state index contributed by atoms with van der Waals surface area (Å²) in [4.78, 5) is 12.2. The lowest BCUT2D eigenvalue weighted by molar-refractivity contribution is 0.102. The van der Waals surface area contributed by atoms with Gasteiger partial charge in [0.2, 0.25) is 0 Å². The summed E-state index contributed by atoms with van der Waals surface area (Å²) in [7, 11) is 1.78. The van der Waals surface area contributed by atoms with E-state index >= 15 is 0 Å². The molecule has 3 N–H and O–H groups in total. The molecule has 0 atom stereocenters. The minimum atomic E-state index is -0.259. The Balaban J connectivity index is 2.31. The summed E-state index contributed by atoms with van der Waals surface area (Å²) in [6.45, 7) is 1.95. The van der Waals surface area contributed by atoms with Crippen molar-refractivity contribution in [3.8, 4) is 0 Å². The quantitative estimate of drug-likeness (QED) is 0.847. The summed E-state index contributed by atoms with van der Waals surface area (Å²) < 4.78 is 1.61. The SMILES string of the molecule is CCc1nn(C)cc1C(=O)Nc1c(N)cccc1Cl. The van der Waals surface area contributed by atoms with Crippen LogP contribution in [0.15, 0.2) is 24.4 Å². The van der Waals surface area contributed by atoms with E-state index in [-0.39, 0.29) is 5.91 Å². The standard InChI is InChI=1S/C13H15ClN4O/c1-3-11-8(7-18(2)17-11)13(19)16-12-9(14)5-4-6-10(12)15/h4-7H,3,15H2,1-2H3,(H,16,19). The molecule has 0 spiro atoms. The van der Waals surface area contributed by atoms with Crippen molar-refractivity contribution in [3.05, 3.63) is 40.7 Å². The highest BCUT2D eigenvalue weighted by Crippen LogP contribution is 2.28. The van der Waals surface area contributed by atoms with Gasteiger partial charge in [-0.1, -0.05) is 24.6 Å². The summed E-state index contributed by atoms with van der Waals surface area (Å²) in [5.41, 5.74) is 7.94. The molecule has 6 heteroatoms. The number of nitrogens with one attached hydrogen (secondary N) is 1. The first kappa shape index (κ1) is 13.4. The normalized spacial score (nSPS) is 10.5. The van der Waals surface area contributed by atoms with Crippen molar-refractivity contribution < 1.29 is 4.79 Å². The number of nitrogen functional groups attached to an aromatic ring is 1. The first-order valence-corrected chi connectivity index (χ1v) is 6.28. The lowest BCUT2D eigenvalue weighted by Crippen LogP contribution is -2.14. The fourth-order valence-electron chi connectivity index (χ4n) is 1.84. The Labute approximate surface area is 116 Å². The number of rotatable bonds is 3. The maximum Gasteiger partial charge on any atom is 0.259 e. The van der Waals surface area contributed by atoms with Gasteiger partial charge in [-0.05, 0) is 18.6 Å². The van der Waals surface area contributed by atoms with Gasteiger partial charge in [-0.15, -0.1) is 0 Å². The molecular formula is C13H15ClN4O. The fraction of sp³-hybridized carbons (Fsp3) is 0.231. The summed E-state index contributed by atoms with van der Waals surface area (Å²) in [6, 6.07) is 5.10. The average molecular weight is 279 g/mol. The van der Waals surface area contributed by atoms with Crippen LogP contribution in [0, 0.1) is 0 Å². The average Bonchev–Trinajstić information content (AvgIpc) is 2.75. The van der Waals surface area contributed by atoms with E-state index < -0.39 is 0 Å². The predicted molar refractivity (Wildman–Crippen MR) is 76.4 cm³/mol. The Hall–Kier alpha value is -2.01. The Morgan fingerprint density at radius 3 is 2.89 bits per heavy atom. The number of carbonyl (C=O) groups excluding carboxylic acids is 1. The van der Waals surface area contributed by atoms with Crippen LogP contribution in [0.5, 0.6) is 0 Å². The highest BCUT2D eigenvalue weighted by atomic mass is 35.5. The molecule has 0 bridgehead atoms. The molecule has 2 aromatic rings. The lowest BCUT2D eigenvalue weighted by atomic mass is 10.2. The molecule has 100 valence electrons. The summed E-state index contributed by atoms with van der Waals surface area (Å²) in [5.74, 6) is -0.259. The lowest BCUT2D eigenvalue weighted by Gasteiger charge is -2.09. The molecule has 0 aliphatic rings. The molecule has 0 radical (unpaired) electrons. The Morgan fingerprint density at radius 1 is 1.53 bits per heavy atom. The number of hydrogen-bond acceptors (Lipinski definition) is 3. The van der Waals surface area contributed by atoms with Crippen LogP contribution in [-0.2, 0) is 13.5 Å². The maximum atomic E-state index is 12.2. The molecule has 1 amide bonds. The molecule has 2 rings (SSSR count). The Morgan fingerprint density at radius 2 is 2.26 bits per heavy atom. The number of carbonyl (C=O) groups is 1. The molecule has 0 aliphatic carbocycles. The molecule has 1 heterocycles. The number of aryl methyl sites for hydroxylation is 2. The van der Waals surface area contributed by atoms with Crippen LogP contribution in [0.25, 0.3) is 0 Å². The molecular weight excluding hydrogens is 264 g/mol. The van der Waals surface area contributed by atoms with Crippen LogP contribution < -0.4 is 11.1 Å². The second-order valence-corrected chi connectivity index (χ2v) is 4.58. The topological polar surface area (TPSA) is 72.9 Å². The maximum absolute atomic E-state index is 12.2. The third kappa shape index (κ3) is 2.71. The molecule has 0 aliphatic heterocycles. The van der Waals surface area contributed by atoms with Crippen molar-refractivity contribution in [1.29, 1.82) is 0 Å². The van der Waals surface area contributed by atoms with E-state index in [4.69, 9.17) is 17.3 Å². The van der Waals surface area contributed by atoms with E-state index in [9.17, 15) is 4.79 Å². The number of halogens is 1. The van der Waals surface area contributed by atoms with Crippen molar-refractivity contribution in [2.45, 2.75) is 13.3 Å². The largest absolute Gasteiger partial charge is 0.397 e. The number of hydrogen-bond donors (Lipinski definition) is 2. The Bertz CT molecular complexity index is 601. The van der Waals surface area contributed by atoms with E-state index in [0.29, 0.717) is 28.4 Å². The minimum Gasteiger partial charge on any atom is -0.397 e. The van der Waals surface area contributed by atoms with Gasteiger partial charge in [0.15, 0.2) is 0 Å². The fourth-order valence-corrected chi connectivity index (χ4v) is 2.07. The number of aromatic nitrogens is 2. The van der Waals surface area contributed by atoms with E-state index in [1.165, 1.54) is 0 Å². The zero-order valence-corrected chi connectivity index (χ0v) is 11.5. The first-order valence-electron chi connectivity index (χ1n) is 5.90. The molecule has 0 unspecified atom stereocenters. The van der Waals surface area contributed by atoms with Crippen molar-refractivity contribution in [2.75, 3.05) is 11.1 Å². The molecule has 1 aromatic carbocycles. The van der Waals surface area contributed by atoms with Crippen molar-refractivity contribution in [2.24, 2.45) is 7.05 Å². The summed E-state index contributed by atoms with van der Waals surface area (Å²) in [5, 5.41) is 7.37. The highest BCUT2D eigenvalue weighted by molar-refractivity contribution is 6.34. The second kappa shape index (κ2) is 5.32. The third-order valence-electron chi connectivity index (χ3n) is 2.77. The second-order valence-electron chi connectivity index (χ2n) is 4.17. The van der Waals surface area contributed by atoms with Gasteiger partial charge in [0.25, 0.3) is 5.91 Å². The number of para-hydroxylation sites is 1. The van der Waals surface area contributed by atoms with Crippen molar-refractivity contribution in [1.82, 2.24) is 9.78 Å². The summed E-state index contributed by atoms with van der Waals surface area (Å²) in [6.07, 6.45) is 2.36.